The molecule has 0 aliphatic rings. The van der Waals surface area contributed by atoms with Crippen LogP contribution in [0.3, 0.4) is 0 Å². The Labute approximate surface area is 115 Å². The van der Waals surface area contributed by atoms with Crippen molar-refractivity contribution < 1.29 is 4.79 Å². The van der Waals surface area contributed by atoms with E-state index in [1.54, 1.807) is 17.1 Å². The van der Waals surface area contributed by atoms with Crippen LogP contribution in [-0.2, 0) is 19.9 Å². The lowest BCUT2D eigenvalue weighted by Crippen LogP contribution is -2.08. The first-order valence-corrected chi connectivity index (χ1v) is 6.94. The molecule has 2 rings (SSSR count). The van der Waals surface area contributed by atoms with Gasteiger partial charge < -0.3 is 0 Å². The van der Waals surface area contributed by atoms with Gasteiger partial charge in [-0.3, -0.25) is 9.48 Å². The maximum atomic E-state index is 12.1. The molecule has 0 aliphatic heterocycles. The van der Waals surface area contributed by atoms with Gasteiger partial charge in [0.2, 0.25) is 0 Å². The Morgan fingerprint density at radius 1 is 1.56 bits per heavy atom. The minimum Gasteiger partial charge on any atom is -0.292 e. The molecule has 0 N–H and O–H groups in total. The van der Waals surface area contributed by atoms with Gasteiger partial charge in [0.25, 0.3) is 0 Å². The first kappa shape index (κ1) is 13.2. The van der Waals surface area contributed by atoms with E-state index in [1.807, 2.05) is 13.8 Å². The van der Waals surface area contributed by atoms with Crippen molar-refractivity contribution in [3.05, 3.63) is 32.5 Å². The Bertz CT molecular complexity index is 588. The summed E-state index contributed by atoms with van der Waals surface area (Å²) in [6, 6.07) is 0. The number of halogens is 1. The van der Waals surface area contributed by atoms with Crippen LogP contribution in [-0.4, -0.2) is 20.5 Å². The van der Waals surface area contributed by atoms with Gasteiger partial charge in [0.15, 0.2) is 5.78 Å². The summed E-state index contributed by atoms with van der Waals surface area (Å²) in [7, 11) is 1.81. The lowest BCUT2D eigenvalue weighted by Gasteiger charge is -2.00. The van der Waals surface area contributed by atoms with Crippen LogP contribution in [0.25, 0.3) is 0 Å². The molecule has 0 saturated heterocycles. The molecule has 0 aliphatic carbocycles. The zero-order valence-corrected chi connectivity index (χ0v) is 12.1. The van der Waals surface area contributed by atoms with Gasteiger partial charge in [0.05, 0.1) is 27.8 Å². The van der Waals surface area contributed by atoms with E-state index in [4.69, 9.17) is 11.6 Å². The Balaban J connectivity index is 2.24. The number of hydrogen-bond acceptors (Lipinski definition) is 4. The largest absolute Gasteiger partial charge is 0.292 e. The van der Waals surface area contributed by atoms with Crippen LogP contribution in [0, 0.1) is 6.92 Å². The standard InChI is InChI=1S/C12H14ClN3OS/c1-4-8-12(13)10(16(3)15-8)5-11(17)9-6-18-7(2)14-9/h6H,4-5H2,1-3H3. The zero-order chi connectivity index (χ0) is 13.3. The minimum atomic E-state index is -0.0214. The van der Waals surface area contributed by atoms with Crippen molar-refractivity contribution in [1.82, 2.24) is 14.8 Å². The van der Waals surface area contributed by atoms with Gasteiger partial charge in [-0.15, -0.1) is 11.3 Å². The minimum absolute atomic E-state index is 0.0214. The van der Waals surface area contributed by atoms with Crippen LogP contribution in [0.5, 0.6) is 0 Å². The van der Waals surface area contributed by atoms with Crippen molar-refractivity contribution in [2.75, 3.05) is 0 Å². The van der Waals surface area contributed by atoms with Crippen LogP contribution in [0.15, 0.2) is 5.38 Å². The summed E-state index contributed by atoms with van der Waals surface area (Å²) in [5.74, 6) is -0.0214. The number of nitrogens with zero attached hydrogens (tertiary/aromatic N) is 3. The fourth-order valence-corrected chi connectivity index (χ4v) is 2.72. The molecule has 4 nitrogen and oxygen atoms in total. The fourth-order valence-electron chi connectivity index (χ4n) is 1.75. The molecule has 6 heteroatoms. The van der Waals surface area contributed by atoms with Gasteiger partial charge in [-0.2, -0.15) is 5.10 Å². The Hall–Kier alpha value is -1.20. The first-order chi connectivity index (χ1) is 8.52. The van der Waals surface area contributed by atoms with Gasteiger partial charge in [-0.1, -0.05) is 18.5 Å². The number of carbonyl (C=O) groups excluding carboxylic acids is 1. The van der Waals surface area contributed by atoms with Crippen molar-refractivity contribution in [2.45, 2.75) is 26.7 Å². The van der Waals surface area contributed by atoms with E-state index in [-0.39, 0.29) is 12.2 Å². The first-order valence-electron chi connectivity index (χ1n) is 5.68. The molecule has 2 aromatic rings. The van der Waals surface area contributed by atoms with Crippen molar-refractivity contribution >= 4 is 28.7 Å². The predicted octanol–water partition coefficient (Wildman–Crippen LogP) is 2.83. The highest BCUT2D eigenvalue weighted by Gasteiger charge is 2.18. The Morgan fingerprint density at radius 3 is 2.78 bits per heavy atom. The highest BCUT2D eigenvalue weighted by atomic mass is 35.5. The van der Waals surface area contributed by atoms with E-state index in [2.05, 4.69) is 10.1 Å². The zero-order valence-electron chi connectivity index (χ0n) is 10.5. The lowest BCUT2D eigenvalue weighted by molar-refractivity contribution is 0.0986. The topological polar surface area (TPSA) is 47.8 Å². The molecular weight excluding hydrogens is 270 g/mol. The SMILES string of the molecule is CCc1nn(C)c(CC(=O)c2csc(C)n2)c1Cl. The predicted molar refractivity (Wildman–Crippen MR) is 72.5 cm³/mol. The number of carbonyl (C=O) groups is 1. The van der Waals surface area contributed by atoms with Crippen LogP contribution in [0.1, 0.15) is 33.8 Å². The van der Waals surface area contributed by atoms with Crippen molar-refractivity contribution in [3.63, 3.8) is 0 Å². The number of hydrogen-bond donors (Lipinski definition) is 0. The molecule has 0 aromatic carbocycles. The average molecular weight is 284 g/mol. The number of aromatic nitrogens is 3. The molecule has 0 fully saturated rings. The monoisotopic (exact) mass is 283 g/mol. The maximum absolute atomic E-state index is 12.1. The summed E-state index contributed by atoms with van der Waals surface area (Å²) in [6.07, 6.45) is 1.00. The highest BCUT2D eigenvalue weighted by Crippen LogP contribution is 2.22. The maximum Gasteiger partial charge on any atom is 0.188 e. The number of Topliss-reactive ketones (excluding diaryl/α,β-unsaturated/α-hetero) is 1. The van der Waals surface area contributed by atoms with Gasteiger partial charge in [-0.25, -0.2) is 4.98 Å². The van der Waals surface area contributed by atoms with Crippen LogP contribution in [0.4, 0.5) is 0 Å². The van der Waals surface area contributed by atoms with E-state index >= 15 is 0 Å². The van der Waals surface area contributed by atoms with E-state index in [0.717, 1.165) is 22.8 Å². The molecule has 0 unspecified atom stereocenters. The molecular formula is C12H14ClN3OS. The van der Waals surface area contributed by atoms with E-state index in [9.17, 15) is 4.79 Å². The smallest absolute Gasteiger partial charge is 0.188 e. The number of thiazole rings is 1. The molecule has 18 heavy (non-hydrogen) atoms. The molecule has 2 heterocycles. The molecule has 0 atom stereocenters. The molecule has 0 spiro atoms. The van der Waals surface area contributed by atoms with E-state index in [1.165, 1.54) is 11.3 Å². The Morgan fingerprint density at radius 2 is 2.28 bits per heavy atom. The summed E-state index contributed by atoms with van der Waals surface area (Å²) < 4.78 is 1.68. The summed E-state index contributed by atoms with van der Waals surface area (Å²) in [5, 5.41) is 7.57. The lowest BCUT2D eigenvalue weighted by atomic mass is 10.1. The number of ketones is 1. The third-order valence-corrected chi connectivity index (χ3v) is 3.95. The van der Waals surface area contributed by atoms with Crippen molar-refractivity contribution in [2.24, 2.45) is 7.05 Å². The third-order valence-electron chi connectivity index (χ3n) is 2.74. The summed E-state index contributed by atoms with van der Waals surface area (Å²) in [4.78, 5) is 16.3. The highest BCUT2D eigenvalue weighted by molar-refractivity contribution is 7.09. The number of rotatable bonds is 4. The molecule has 0 saturated carbocycles. The molecule has 2 aromatic heterocycles. The summed E-state index contributed by atoms with van der Waals surface area (Å²) in [5.41, 5.74) is 2.09. The normalized spacial score (nSPS) is 10.9. The van der Waals surface area contributed by atoms with Crippen molar-refractivity contribution in [1.29, 1.82) is 0 Å². The summed E-state index contributed by atoms with van der Waals surface area (Å²) >= 11 is 7.69. The molecule has 0 bridgehead atoms. The van der Waals surface area contributed by atoms with Crippen LogP contribution in [0.2, 0.25) is 5.02 Å². The van der Waals surface area contributed by atoms with Crippen molar-refractivity contribution in [3.8, 4) is 0 Å². The average Bonchev–Trinajstić information content (AvgIpc) is 2.87. The second kappa shape index (κ2) is 5.20. The number of aryl methyl sites for hydroxylation is 3. The third kappa shape index (κ3) is 2.47. The van der Waals surface area contributed by atoms with Crippen LogP contribution >= 0.6 is 22.9 Å². The van der Waals surface area contributed by atoms with Gasteiger partial charge in [0, 0.05) is 12.4 Å². The fraction of sp³-hybridized carbons (Fsp3) is 0.417. The second-order valence-corrected chi connectivity index (χ2v) is 5.48. The quantitative estimate of drug-likeness (QED) is 0.811. The molecule has 0 amide bonds. The van der Waals surface area contributed by atoms with Crippen LogP contribution < -0.4 is 0 Å². The van der Waals surface area contributed by atoms with Gasteiger partial charge in [0.1, 0.15) is 5.69 Å². The van der Waals surface area contributed by atoms with Gasteiger partial charge >= 0.3 is 0 Å². The molecule has 0 radical (unpaired) electrons. The van der Waals surface area contributed by atoms with E-state index < -0.39 is 0 Å². The van der Waals surface area contributed by atoms with Gasteiger partial charge in [-0.05, 0) is 13.3 Å². The Kier molecular flexibility index (Phi) is 3.82. The summed E-state index contributed by atoms with van der Waals surface area (Å²) in [6.45, 7) is 3.87. The van der Waals surface area contributed by atoms with E-state index in [0.29, 0.717) is 10.7 Å². The second-order valence-electron chi connectivity index (χ2n) is 4.04. The molecule has 96 valence electrons.